The van der Waals surface area contributed by atoms with Gasteiger partial charge in [-0.05, 0) is 55.9 Å². The fourth-order valence-corrected chi connectivity index (χ4v) is 8.75. The van der Waals surface area contributed by atoms with E-state index in [0.717, 1.165) is 43.0 Å². The van der Waals surface area contributed by atoms with Gasteiger partial charge in [0.05, 0.1) is 34.1 Å². The summed E-state index contributed by atoms with van der Waals surface area (Å²) in [5.74, 6) is -0.263. The van der Waals surface area contributed by atoms with Crippen molar-refractivity contribution in [3.63, 3.8) is 0 Å². The number of aliphatic hydroxyl groups is 1. The first kappa shape index (κ1) is 22.2. The van der Waals surface area contributed by atoms with Crippen molar-refractivity contribution in [2.45, 2.75) is 43.7 Å². The number of pyridine rings is 1. The van der Waals surface area contributed by atoms with Gasteiger partial charge in [-0.2, -0.15) is 0 Å². The van der Waals surface area contributed by atoms with E-state index in [1.807, 2.05) is 6.07 Å². The summed E-state index contributed by atoms with van der Waals surface area (Å²) in [4.78, 5) is 35.9. The Morgan fingerprint density at radius 3 is 2.50 bits per heavy atom. The Morgan fingerprint density at radius 1 is 1.08 bits per heavy atom. The summed E-state index contributed by atoms with van der Waals surface area (Å²) in [6.07, 6.45) is 7.94. The van der Waals surface area contributed by atoms with Crippen LogP contribution in [0.25, 0.3) is 21.9 Å². The molecule has 3 aromatic heterocycles. The maximum absolute atomic E-state index is 13.0. The molecule has 4 aliphatic carbocycles. The number of anilines is 1. The first-order valence-corrected chi connectivity index (χ1v) is 14.4. The van der Waals surface area contributed by atoms with Crippen LogP contribution in [0, 0.1) is 17.8 Å². The molecule has 0 aromatic carbocycles. The lowest BCUT2D eigenvalue weighted by Crippen LogP contribution is -2.55. The minimum absolute atomic E-state index is 0.0108. The standard InChI is InChI=1S/C24H28N6O5S/c31-22(23(32)29-3-5-36(34,35)6-4-29)27-21-17-12-26-20-16(1-2-25-20)19(17)30(28-21)18-14-7-13-8-15(18)11-24(33,9-13)10-14/h1-2,12-15,18,28,33H,3-11H2,(H,27,31)/t13?,14-,15+,18?,24?. The zero-order chi connectivity index (χ0) is 24.8. The van der Waals surface area contributed by atoms with Crippen LogP contribution in [0.4, 0.5) is 5.82 Å². The van der Waals surface area contributed by atoms with Gasteiger partial charge in [0.15, 0.2) is 15.5 Å². The van der Waals surface area contributed by atoms with Crippen LogP contribution >= 0.6 is 0 Å². The number of hydrogen-bond donors (Lipinski definition) is 3. The largest absolute Gasteiger partial charge is 0.390 e. The number of aromatic nitrogens is 4. The summed E-state index contributed by atoms with van der Waals surface area (Å²) in [6, 6.07) is 2.04. The predicted molar refractivity (Wildman–Crippen MR) is 131 cm³/mol. The lowest BCUT2D eigenvalue weighted by atomic mass is 9.52. The van der Waals surface area contributed by atoms with E-state index in [2.05, 4.69) is 25.1 Å². The van der Waals surface area contributed by atoms with Crippen LogP contribution in [0.15, 0.2) is 18.5 Å². The zero-order valence-electron chi connectivity index (χ0n) is 19.7. The van der Waals surface area contributed by atoms with E-state index in [1.54, 1.807) is 12.4 Å². The molecule has 5 aliphatic rings. The minimum atomic E-state index is -3.17. The third-order valence-electron chi connectivity index (χ3n) is 8.80. The molecular weight excluding hydrogens is 484 g/mol. The fraction of sp³-hybridized carbons (Fsp3) is 0.583. The smallest absolute Gasteiger partial charge is 0.315 e. The molecule has 0 spiro atoms. The molecule has 0 radical (unpaired) electrons. The molecule has 1 saturated heterocycles. The number of carbonyl (C=O) groups excluding carboxylic acids is 2. The molecule has 2 amide bonds. The molecule has 3 aromatic rings. The van der Waals surface area contributed by atoms with Crippen molar-refractivity contribution in [1.29, 1.82) is 0 Å². The second-order valence-corrected chi connectivity index (χ2v) is 13.4. The molecule has 5 atom stereocenters. The normalized spacial score (nSPS) is 32.9. The van der Waals surface area contributed by atoms with Gasteiger partial charge in [0.2, 0.25) is 0 Å². The van der Waals surface area contributed by atoms with Crippen molar-refractivity contribution in [2.75, 3.05) is 29.9 Å². The maximum Gasteiger partial charge on any atom is 0.315 e. The number of aromatic amines is 1. The van der Waals surface area contributed by atoms with Crippen LogP contribution in [0.5, 0.6) is 0 Å². The van der Waals surface area contributed by atoms with Gasteiger partial charge in [0.25, 0.3) is 0 Å². The van der Waals surface area contributed by atoms with Crippen molar-refractivity contribution in [3.8, 4) is 0 Å². The van der Waals surface area contributed by atoms with E-state index < -0.39 is 27.3 Å². The number of nitrogens with one attached hydrogen (secondary N) is 2. The van der Waals surface area contributed by atoms with Gasteiger partial charge < -0.3 is 15.3 Å². The van der Waals surface area contributed by atoms with E-state index in [0.29, 0.717) is 34.6 Å². The molecule has 190 valence electrons. The van der Waals surface area contributed by atoms with Gasteiger partial charge in [-0.25, -0.2) is 18.4 Å². The van der Waals surface area contributed by atoms with Gasteiger partial charge in [-0.15, -0.1) is 0 Å². The van der Waals surface area contributed by atoms with E-state index in [4.69, 9.17) is 0 Å². The SMILES string of the molecule is O=C(Nc1[nH]n(C2[C@@H]3CC4C[C@H]2CC(O)(C4)C3)c2c1cnc1nccc12)C(=O)N1CCS(=O)(=O)CC1. The number of carbonyl (C=O) groups is 2. The average molecular weight is 513 g/mol. The fourth-order valence-electron chi connectivity index (χ4n) is 7.55. The number of sulfone groups is 1. The van der Waals surface area contributed by atoms with Crippen LogP contribution in [0.1, 0.15) is 38.1 Å². The van der Waals surface area contributed by atoms with Crippen molar-refractivity contribution in [3.05, 3.63) is 18.5 Å². The average Bonchev–Trinajstić information content (AvgIpc) is 3.42. The van der Waals surface area contributed by atoms with E-state index in [9.17, 15) is 23.1 Å². The second-order valence-electron chi connectivity index (χ2n) is 11.1. The highest BCUT2D eigenvalue weighted by molar-refractivity contribution is 7.91. The Bertz CT molecular complexity index is 1500. The van der Waals surface area contributed by atoms with Crippen molar-refractivity contribution in [1.82, 2.24) is 24.6 Å². The molecular formula is C24H28N6O5S. The Hall–Kier alpha value is -2.99. The van der Waals surface area contributed by atoms with Crippen LogP contribution in [0.2, 0.25) is 0 Å². The summed E-state index contributed by atoms with van der Waals surface area (Å²) in [5.41, 5.74) is 0.926. The lowest BCUT2D eigenvalue weighted by Gasteiger charge is -2.58. The highest BCUT2D eigenvalue weighted by Crippen LogP contribution is 2.60. The Balaban J connectivity index is 1.25. The molecule has 4 bridgehead atoms. The lowest BCUT2D eigenvalue weighted by molar-refractivity contribution is -0.148. The first-order valence-electron chi connectivity index (χ1n) is 12.6. The van der Waals surface area contributed by atoms with Crippen LogP contribution in [-0.4, -0.2) is 80.2 Å². The summed E-state index contributed by atoms with van der Waals surface area (Å²) in [5, 5.41) is 18.8. The topological polar surface area (TPSA) is 150 Å². The van der Waals surface area contributed by atoms with Gasteiger partial charge in [-0.1, -0.05) is 0 Å². The zero-order valence-corrected chi connectivity index (χ0v) is 20.5. The molecule has 4 saturated carbocycles. The van der Waals surface area contributed by atoms with Crippen LogP contribution in [0.3, 0.4) is 0 Å². The molecule has 3 N–H and O–H groups in total. The van der Waals surface area contributed by atoms with E-state index in [-0.39, 0.29) is 30.6 Å². The van der Waals surface area contributed by atoms with Gasteiger partial charge in [0, 0.05) is 30.9 Å². The molecule has 36 heavy (non-hydrogen) atoms. The molecule has 5 fully saturated rings. The van der Waals surface area contributed by atoms with E-state index in [1.165, 1.54) is 4.90 Å². The van der Waals surface area contributed by atoms with Crippen LogP contribution in [-0.2, 0) is 19.4 Å². The monoisotopic (exact) mass is 512 g/mol. The molecule has 1 aliphatic heterocycles. The van der Waals surface area contributed by atoms with Crippen molar-refractivity contribution in [2.24, 2.45) is 17.8 Å². The van der Waals surface area contributed by atoms with Gasteiger partial charge >= 0.3 is 11.8 Å². The summed E-state index contributed by atoms with van der Waals surface area (Å²) >= 11 is 0. The highest BCUT2D eigenvalue weighted by atomic mass is 32.2. The minimum Gasteiger partial charge on any atom is -0.390 e. The second kappa shape index (κ2) is 7.51. The summed E-state index contributed by atoms with van der Waals surface area (Å²) in [7, 11) is -3.17. The number of amides is 2. The number of nitrogens with zero attached hydrogens (tertiary/aromatic N) is 4. The maximum atomic E-state index is 13.0. The van der Waals surface area contributed by atoms with Gasteiger partial charge in [0.1, 0.15) is 5.82 Å². The van der Waals surface area contributed by atoms with E-state index >= 15 is 0 Å². The van der Waals surface area contributed by atoms with Crippen LogP contribution < -0.4 is 5.32 Å². The summed E-state index contributed by atoms with van der Waals surface area (Å²) in [6.45, 7) is 0.0217. The Morgan fingerprint density at radius 2 is 1.81 bits per heavy atom. The molecule has 12 heteroatoms. The highest BCUT2D eigenvalue weighted by Gasteiger charge is 2.55. The number of fused-ring (bicyclic) bond motifs is 3. The molecule has 11 nitrogen and oxygen atoms in total. The third-order valence-corrected chi connectivity index (χ3v) is 10.4. The van der Waals surface area contributed by atoms with Gasteiger partial charge in [-0.3, -0.25) is 19.4 Å². The Labute approximate surface area is 207 Å². The quantitative estimate of drug-likeness (QED) is 0.437. The number of rotatable bonds is 2. The number of hydrogen-bond acceptors (Lipinski definition) is 7. The molecule has 8 rings (SSSR count). The molecule has 3 unspecified atom stereocenters. The Kier molecular flexibility index (Phi) is 4.64. The molecule has 4 heterocycles. The van der Waals surface area contributed by atoms with Crippen molar-refractivity contribution < 1.29 is 23.1 Å². The van der Waals surface area contributed by atoms with Crippen molar-refractivity contribution >= 4 is 49.4 Å². The first-order chi connectivity index (χ1) is 17.2. The number of H-pyrrole nitrogens is 1. The predicted octanol–water partition coefficient (Wildman–Crippen LogP) is 1.22. The third kappa shape index (κ3) is 3.37. The summed E-state index contributed by atoms with van der Waals surface area (Å²) < 4.78 is 25.5.